The van der Waals surface area contributed by atoms with Gasteiger partial charge in [0.1, 0.15) is 0 Å². The average Bonchev–Trinajstić information content (AvgIpc) is 1.85. The van der Waals surface area contributed by atoms with Crippen LogP contribution in [0.15, 0.2) is 0 Å². The minimum Gasteiger partial charge on any atom is -0.342 e. The minimum atomic E-state index is 0.0923. The smallest absolute Gasteiger partial charge is 0.0916 e. The first-order valence-electron chi connectivity index (χ1n) is 4.77. The van der Waals surface area contributed by atoms with E-state index in [-0.39, 0.29) is 9.68 Å². The summed E-state index contributed by atoms with van der Waals surface area (Å²) in [6.45, 7) is 10.3. The van der Waals surface area contributed by atoms with Crippen molar-refractivity contribution in [2.24, 2.45) is 5.41 Å². The predicted octanol–water partition coefficient (Wildman–Crippen LogP) is 1.92. The summed E-state index contributed by atoms with van der Waals surface area (Å²) in [5, 5.41) is 0. The Morgan fingerprint density at radius 2 is 1.91 bits per heavy atom. The molecular formula is C9H23NSi. The summed E-state index contributed by atoms with van der Waals surface area (Å²) in [6, 6.07) is 1.46. The molecule has 0 unspecified atom stereocenters. The molecule has 1 nitrogen and oxygen atoms in total. The van der Waals surface area contributed by atoms with Crippen LogP contribution in [0.5, 0.6) is 0 Å². The Kier molecular flexibility index (Phi) is 5.87. The van der Waals surface area contributed by atoms with E-state index in [0.29, 0.717) is 5.41 Å². The summed E-state index contributed by atoms with van der Waals surface area (Å²) in [5.74, 6) is 0. The molecule has 68 valence electrons. The standard InChI is InChI=1S/C9H23NSi/c1-5-10-11-8-6-7-9(2,3)4/h10H,5-8,11H2,1-4H3. The molecule has 0 aliphatic carbocycles. The largest absolute Gasteiger partial charge is 0.342 e. The van der Waals surface area contributed by atoms with Crippen LogP contribution >= 0.6 is 0 Å². The van der Waals surface area contributed by atoms with Gasteiger partial charge in [-0.05, 0) is 24.4 Å². The Balaban J connectivity index is 3.02. The molecule has 0 aromatic carbocycles. The van der Waals surface area contributed by atoms with Crippen molar-refractivity contribution in [3.8, 4) is 0 Å². The first-order valence-corrected chi connectivity index (χ1v) is 6.47. The zero-order valence-corrected chi connectivity index (χ0v) is 9.95. The fourth-order valence-electron chi connectivity index (χ4n) is 1.08. The molecule has 0 spiro atoms. The topological polar surface area (TPSA) is 12.0 Å². The van der Waals surface area contributed by atoms with Gasteiger partial charge < -0.3 is 4.98 Å². The molecule has 0 bridgehead atoms. The molecular weight excluding hydrogens is 150 g/mol. The maximum Gasteiger partial charge on any atom is 0.0916 e. The zero-order valence-electron chi connectivity index (χ0n) is 8.54. The van der Waals surface area contributed by atoms with Crippen LogP contribution in [0, 0.1) is 5.41 Å². The Hall–Kier alpha value is 0.177. The van der Waals surface area contributed by atoms with Crippen LogP contribution in [0.25, 0.3) is 0 Å². The number of rotatable bonds is 5. The van der Waals surface area contributed by atoms with Crippen LogP contribution in [0.4, 0.5) is 0 Å². The van der Waals surface area contributed by atoms with Gasteiger partial charge in [-0.1, -0.05) is 34.1 Å². The van der Waals surface area contributed by atoms with E-state index in [4.69, 9.17) is 0 Å². The van der Waals surface area contributed by atoms with E-state index >= 15 is 0 Å². The highest BCUT2D eigenvalue weighted by Crippen LogP contribution is 2.21. The molecule has 0 atom stereocenters. The van der Waals surface area contributed by atoms with Gasteiger partial charge in [-0.2, -0.15) is 0 Å². The third-order valence-corrected chi connectivity index (χ3v) is 3.49. The molecule has 0 aliphatic rings. The van der Waals surface area contributed by atoms with Gasteiger partial charge in [-0.15, -0.1) is 0 Å². The van der Waals surface area contributed by atoms with Crippen LogP contribution in [-0.4, -0.2) is 16.2 Å². The summed E-state index contributed by atoms with van der Waals surface area (Å²) in [5.41, 5.74) is 0.542. The van der Waals surface area contributed by atoms with E-state index in [1.165, 1.54) is 25.4 Å². The maximum atomic E-state index is 3.47. The molecule has 0 aromatic heterocycles. The van der Waals surface area contributed by atoms with Gasteiger partial charge in [0.15, 0.2) is 0 Å². The van der Waals surface area contributed by atoms with Crippen molar-refractivity contribution in [3.05, 3.63) is 0 Å². The highest BCUT2D eigenvalue weighted by molar-refractivity contribution is 6.31. The van der Waals surface area contributed by atoms with Gasteiger partial charge >= 0.3 is 0 Å². The number of hydrogen-bond acceptors (Lipinski definition) is 1. The molecule has 0 saturated heterocycles. The van der Waals surface area contributed by atoms with Gasteiger partial charge in [0, 0.05) is 0 Å². The Bertz CT molecular complexity index is 86.1. The maximum absolute atomic E-state index is 3.47. The summed E-state index contributed by atoms with van der Waals surface area (Å²) in [7, 11) is 0.0923. The predicted molar refractivity (Wildman–Crippen MR) is 55.7 cm³/mol. The fraction of sp³-hybridized carbons (Fsp3) is 1.00. The monoisotopic (exact) mass is 173 g/mol. The van der Waals surface area contributed by atoms with Crippen molar-refractivity contribution in [1.82, 2.24) is 4.98 Å². The molecule has 0 radical (unpaired) electrons. The number of hydrogen-bond donors (Lipinski definition) is 1. The second-order valence-corrected chi connectivity index (χ2v) is 6.08. The first kappa shape index (κ1) is 11.2. The second kappa shape index (κ2) is 5.78. The third kappa shape index (κ3) is 10.2. The molecule has 0 aromatic rings. The fourth-order valence-corrected chi connectivity index (χ4v) is 2.19. The Morgan fingerprint density at radius 3 is 2.36 bits per heavy atom. The lowest BCUT2D eigenvalue weighted by Gasteiger charge is -2.17. The van der Waals surface area contributed by atoms with E-state index in [9.17, 15) is 0 Å². The van der Waals surface area contributed by atoms with Crippen LogP contribution in [0.1, 0.15) is 40.5 Å². The second-order valence-electron chi connectivity index (χ2n) is 4.37. The summed E-state index contributed by atoms with van der Waals surface area (Å²) in [4.78, 5) is 3.47. The molecule has 0 amide bonds. The van der Waals surface area contributed by atoms with Crippen molar-refractivity contribution in [1.29, 1.82) is 0 Å². The van der Waals surface area contributed by atoms with E-state index in [1.54, 1.807) is 0 Å². The van der Waals surface area contributed by atoms with E-state index in [0.717, 1.165) is 0 Å². The quantitative estimate of drug-likeness (QED) is 0.495. The van der Waals surface area contributed by atoms with Crippen molar-refractivity contribution in [2.75, 3.05) is 6.54 Å². The Labute approximate surface area is 73.9 Å². The lowest BCUT2D eigenvalue weighted by Crippen LogP contribution is -2.18. The van der Waals surface area contributed by atoms with Gasteiger partial charge in [0.2, 0.25) is 0 Å². The van der Waals surface area contributed by atoms with Gasteiger partial charge in [0.25, 0.3) is 0 Å². The third-order valence-electron chi connectivity index (χ3n) is 1.78. The van der Waals surface area contributed by atoms with Crippen molar-refractivity contribution in [3.63, 3.8) is 0 Å². The molecule has 0 aliphatic heterocycles. The van der Waals surface area contributed by atoms with E-state index in [1.807, 2.05) is 0 Å². The summed E-state index contributed by atoms with van der Waals surface area (Å²) < 4.78 is 0. The van der Waals surface area contributed by atoms with Gasteiger partial charge in [-0.3, -0.25) is 0 Å². The van der Waals surface area contributed by atoms with E-state index in [2.05, 4.69) is 32.7 Å². The van der Waals surface area contributed by atoms with Crippen molar-refractivity contribution in [2.45, 2.75) is 46.6 Å². The zero-order chi connectivity index (χ0) is 8.74. The molecule has 1 N–H and O–H groups in total. The molecule has 0 fully saturated rings. The first-order chi connectivity index (χ1) is 5.06. The van der Waals surface area contributed by atoms with E-state index < -0.39 is 0 Å². The van der Waals surface area contributed by atoms with Crippen LogP contribution in [0.2, 0.25) is 6.04 Å². The number of nitrogens with one attached hydrogen (secondary N) is 1. The lowest BCUT2D eigenvalue weighted by molar-refractivity contribution is 0.373. The highest BCUT2D eigenvalue weighted by Gasteiger charge is 2.08. The van der Waals surface area contributed by atoms with Crippen LogP contribution < -0.4 is 4.98 Å². The Morgan fingerprint density at radius 1 is 1.27 bits per heavy atom. The molecule has 0 rings (SSSR count). The molecule has 11 heavy (non-hydrogen) atoms. The van der Waals surface area contributed by atoms with Gasteiger partial charge in [0.05, 0.1) is 9.68 Å². The van der Waals surface area contributed by atoms with Crippen molar-refractivity contribution >= 4 is 9.68 Å². The minimum absolute atomic E-state index is 0.0923. The van der Waals surface area contributed by atoms with Gasteiger partial charge in [-0.25, -0.2) is 0 Å². The summed E-state index contributed by atoms with van der Waals surface area (Å²) in [6.07, 6.45) is 2.80. The van der Waals surface area contributed by atoms with Crippen molar-refractivity contribution < 1.29 is 0 Å². The molecule has 2 heteroatoms. The highest BCUT2D eigenvalue weighted by atomic mass is 28.2. The molecule has 0 saturated carbocycles. The normalized spacial score (nSPS) is 13.1. The molecule has 0 heterocycles. The summed E-state index contributed by atoms with van der Waals surface area (Å²) >= 11 is 0. The van der Waals surface area contributed by atoms with Crippen LogP contribution in [0.3, 0.4) is 0 Å². The lowest BCUT2D eigenvalue weighted by atomic mass is 9.91. The SMILES string of the molecule is CCN[SiH2]CCCC(C)(C)C. The van der Waals surface area contributed by atoms with Crippen LogP contribution in [-0.2, 0) is 0 Å². The average molecular weight is 173 g/mol.